The van der Waals surface area contributed by atoms with E-state index >= 15 is 0 Å². The molecular formula is C15H19NO4. The molecule has 108 valence electrons. The number of amides is 1. The second-order valence-corrected chi connectivity index (χ2v) is 4.89. The minimum atomic E-state index is -0.912. The van der Waals surface area contributed by atoms with Crippen molar-refractivity contribution in [3.8, 4) is 0 Å². The summed E-state index contributed by atoms with van der Waals surface area (Å²) in [6.07, 6.45) is 1.31. The van der Waals surface area contributed by atoms with Crippen molar-refractivity contribution in [2.24, 2.45) is 5.92 Å². The summed E-state index contributed by atoms with van der Waals surface area (Å²) in [6.45, 7) is 0.810. The van der Waals surface area contributed by atoms with Crippen LogP contribution in [0.25, 0.3) is 0 Å². The van der Waals surface area contributed by atoms with Crippen molar-refractivity contribution < 1.29 is 19.4 Å². The summed E-state index contributed by atoms with van der Waals surface area (Å²) in [7, 11) is 0. The minimum absolute atomic E-state index is 0.0602. The van der Waals surface area contributed by atoms with Gasteiger partial charge in [-0.2, -0.15) is 0 Å². The first-order valence-corrected chi connectivity index (χ1v) is 6.84. The van der Waals surface area contributed by atoms with Crippen molar-refractivity contribution in [1.29, 1.82) is 0 Å². The number of carboxylic acids is 1. The monoisotopic (exact) mass is 277 g/mol. The summed E-state index contributed by atoms with van der Waals surface area (Å²) in [4.78, 5) is 22.6. The minimum Gasteiger partial charge on any atom is -0.481 e. The molecule has 1 heterocycles. The van der Waals surface area contributed by atoms with Crippen molar-refractivity contribution in [1.82, 2.24) is 5.32 Å². The van der Waals surface area contributed by atoms with E-state index in [1.54, 1.807) is 0 Å². The highest BCUT2D eigenvalue weighted by atomic mass is 16.5. The molecular weight excluding hydrogens is 258 g/mol. The van der Waals surface area contributed by atoms with Crippen molar-refractivity contribution in [3.05, 3.63) is 35.9 Å². The lowest BCUT2D eigenvalue weighted by Crippen LogP contribution is -2.38. The van der Waals surface area contributed by atoms with Crippen LogP contribution in [0.2, 0.25) is 0 Å². The van der Waals surface area contributed by atoms with Gasteiger partial charge < -0.3 is 15.2 Å². The normalized spacial score (nSPS) is 22.2. The summed E-state index contributed by atoms with van der Waals surface area (Å²) in [5.74, 6) is -1.29. The van der Waals surface area contributed by atoms with Gasteiger partial charge in [0, 0.05) is 13.2 Å². The van der Waals surface area contributed by atoms with E-state index in [4.69, 9.17) is 9.84 Å². The Bertz CT molecular complexity index is 460. The Labute approximate surface area is 117 Å². The zero-order valence-electron chi connectivity index (χ0n) is 11.2. The molecule has 20 heavy (non-hydrogen) atoms. The fraction of sp³-hybridized carbons (Fsp3) is 0.467. The predicted octanol–water partition coefficient (Wildman–Crippen LogP) is 1.75. The maximum absolute atomic E-state index is 12.2. The fourth-order valence-corrected chi connectivity index (χ4v) is 2.44. The molecule has 2 unspecified atom stereocenters. The average Bonchev–Trinajstić information content (AvgIpc) is 2.47. The molecule has 1 aromatic rings. The fourth-order valence-electron chi connectivity index (χ4n) is 2.44. The largest absolute Gasteiger partial charge is 0.481 e. The molecule has 1 aliphatic heterocycles. The molecule has 2 atom stereocenters. The van der Waals surface area contributed by atoms with Crippen LogP contribution in [-0.4, -0.2) is 30.1 Å². The molecule has 0 bridgehead atoms. The summed E-state index contributed by atoms with van der Waals surface area (Å²) < 4.78 is 5.75. The Kier molecular flexibility index (Phi) is 5.12. The smallest absolute Gasteiger partial charge is 0.305 e. The summed E-state index contributed by atoms with van der Waals surface area (Å²) in [5, 5.41) is 11.3. The number of hydrogen-bond donors (Lipinski definition) is 2. The number of carbonyl (C=O) groups excluding carboxylic acids is 1. The number of aliphatic carboxylic acids is 1. The Morgan fingerprint density at radius 2 is 2.05 bits per heavy atom. The predicted molar refractivity (Wildman–Crippen MR) is 73.1 cm³/mol. The molecule has 1 fully saturated rings. The SMILES string of the molecule is O=C(O)CCNC(=O)C1CCCOC1c1ccccc1. The van der Waals surface area contributed by atoms with Crippen LogP contribution in [0.1, 0.15) is 30.9 Å². The van der Waals surface area contributed by atoms with Crippen LogP contribution in [0.5, 0.6) is 0 Å². The molecule has 1 saturated heterocycles. The molecule has 0 aliphatic carbocycles. The second-order valence-electron chi connectivity index (χ2n) is 4.89. The van der Waals surface area contributed by atoms with Gasteiger partial charge in [0.25, 0.3) is 0 Å². The Hall–Kier alpha value is -1.88. The van der Waals surface area contributed by atoms with Crippen LogP contribution in [0.4, 0.5) is 0 Å². The maximum Gasteiger partial charge on any atom is 0.305 e. The van der Waals surface area contributed by atoms with Gasteiger partial charge in [-0.1, -0.05) is 30.3 Å². The van der Waals surface area contributed by atoms with Crippen LogP contribution in [0, 0.1) is 5.92 Å². The third kappa shape index (κ3) is 3.81. The standard InChI is InChI=1S/C15H19NO4/c17-13(18)8-9-16-15(19)12-7-4-10-20-14(12)11-5-2-1-3-6-11/h1-3,5-6,12,14H,4,7-10H2,(H,16,19)(H,17,18). The quantitative estimate of drug-likeness (QED) is 0.859. The van der Waals surface area contributed by atoms with Crippen molar-refractivity contribution in [2.45, 2.75) is 25.4 Å². The van der Waals surface area contributed by atoms with Crippen LogP contribution in [0.3, 0.4) is 0 Å². The highest BCUT2D eigenvalue weighted by Crippen LogP contribution is 2.33. The first kappa shape index (κ1) is 14.5. The molecule has 2 N–H and O–H groups in total. The number of nitrogens with one attached hydrogen (secondary N) is 1. The number of carboxylic acid groups (broad SMARTS) is 1. The Balaban J connectivity index is 2.00. The van der Waals surface area contributed by atoms with Crippen molar-refractivity contribution in [3.63, 3.8) is 0 Å². The van der Waals surface area contributed by atoms with Gasteiger partial charge in [0.05, 0.1) is 18.4 Å². The Morgan fingerprint density at radius 3 is 2.75 bits per heavy atom. The van der Waals surface area contributed by atoms with E-state index in [0.29, 0.717) is 6.61 Å². The van der Waals surface area contributed by atoms with Gasteiger partial charge in [0.2, 0.25) is 5.91 Å². The lowest BCUT2D eigenvalue weighted by molar-refractivity contribution is -0.137. The molecule has 0 saturated carbocycles. The van der Waals surface area contributed by atoms with Gasteiger partial charge >= 0.3 is 5.97 Å². The first-order valence-electron chi connectivity index (χ1n) is 6.84. The molecule has 5 nitrogen and oxygen atoms in total. The Morgan fingerprint density at radius 1 is 1.30 bits per heavy atom. The second kappa shape index (κ2) is 7.05. The zero-order valence-corrected chi connectivity index (χ0v) is 11.2. The molecule has 1 amide bonds. The van der Waals surface area contributed by atoms with E-state index in [2.05, 4.69) is 5.32 Å². The van der Waals surface area contributed by atoms with E-state index in [1.807, 2.05) is 30.3 Å². The van der Waals surface area contributed by atoms with Crippen LogP contribution < -0.4 is 5.32 Å². The van der Waals surface area contributed by atoms with Crippen LogP contribution in [0.15, 0.2) is 30.3 Å². The number of benzene rings is 1. The molecule has 1 aliphatic rings. The topological polar surface area (TPSA) is 75.6 Å². The lowest BCUT2D eigenvalue weighted by Gasteiger charge is -2.31. The third-order valence-corrected chi connectivity index (χ3v) is 3.43. The van der Waals surface area contributed by atoms with E-state index in [9.17, 15) is 9.59 Å². The molecule has 0 radical (unpaired) electrons. The number of carbonyl (C=O) groups is 2. The summed E-state index contributed by atoms with van der Waals surface area (Å²) >= 11 is 0. The van der Waals surface area contributed by atoms with Gasteiger partial charge in [-0.25, -0.2) is 0 Å². The van der Waals surface area contributed by atoms with Gasteiger partial charge in [-0.05, 0) is 18.4 Å². The maximum atomic E-state index is 12.2. The number of ether oxygens (including phenoxy) is 1. The third-order valence-electron chi connectivity index (χ3n) is 3.43. The molecule has 5 heteroatoms. The lowest BCUT2D eigenvalue weighted by atomic mass is 9.89. The highest BCUT2D eigenvalue weighted by Gasteiger charge is 2.32. The molecule has 1 aromatic carbocycles. The van der Waals surface area contributed by atoms with Crippen molar-refractivity contribution >= 4 is 11.9 Å². The molecule has 0 spiro atoms. The molecule has 0 aromatic heterocycles. The van der Waals surface area contributed by atoms with Gasteiger partial charge in [0.1, 0.15) is 0 Å². The summed E-state index contributed by atoms with van der Waals surface area (Å²) in [6, 6.07) is 9.68. The first-order chi connectivity index (χ1) is 9.68. The average molecular weight is 277 g/mol. The van der Waals surface area contributed by atoms with Gasteiger partial charge in [0.15, 0.2) is 0 Å². The van der Waals surface area contributed by atoms with E-state index in [1.165, 1.54) is 0 Å². The van der Waals surface area contributed by atoms with E-state index in [0.717, 1.165) is 18.4 Å². The van der Waals surface area contributed by atoms with Gasteiger partial charge in [-0.15, -0.1) is 0 Å². The highest BCUT2D eigenvalue weighted by molar-refractivity contribution is 5.80. The van der Waals surface area contributed by atoms with E-state index in [-0.39, 0.29) is 30.9 Å². The van der Waals surface area contributed by atoms with Crippen LogP contribution in [-0.2, 0) is 14.3 Å². The number of hydrogen-bond acceptors (Lipinski definition) is 3. The van der Waals surface area contributed by atoms with E-state index < -0.39 is 5.97 Å². The van der Waals surface area contributed by atoms with Gasteiger partial charge in [-0.3, -0.25) is 9.59 Å². The summed E-state index contributed by atoms with van der Waals surface area (Å²) in [5.41, 5.74) is 0.991. The zero-order chi connectivity index (χ0) is 14.4. The number of rotatable bonds is 5. The van der Waals surface area contributed by atoms with Crippen LogP contribution >= 0.6 is 0 Å². The molecule has 2 rings (SSSR count). The van der Waals surface area contributed by atoms with Crippen molar-refractivity contribution in [2.75, 3.05) is 13.2 Å².